The Labute approximate surface area is 156 Å². The smallest absolute Gasteiger partial charge is 0.352 e. The van der Waals surface area contributed by atoms with E-state index in [2.05, 4.69) is 4.90 Å². The van der Waals surface area contributed by atoms with E-state index in [-0.39, 0.29) is 11.9 Å². The molecule has 0 saturated carbocycles. The highest BCUT2D eigenvalue weighted by atomic mass is 31.2. The molecule has 0 N–H and O–H groups in total. The molecule has 1 fully saturated rings. The molecule has 1 unspecified atom stereocenters. The third-order valence-electron chi connectivity index (χ3n) is 4.51. The SMILES string of the molecule is CCOC(=O)C1CCN(C(c2ccccc2)P(=O)(OCC)OCC)CC1. The van der Waals surface area contributed by atoms with Crippen molar-refractivity contribution >= 4 is 13.6 Å². The summed E-state index contributed by atoms with van der Waals surface area (Å²) in [4.78, 5) is 14.1. The lowest BCUT2D eigenvalue weighted by molar-refractivity contribution is -0.149. The van der Waals surface area contributed by atoms with Crippen molar-refractivity contribution in [2.75, 3.05) is 32.9 Å². The Kier molecular flexibility index (Phi) is 8.29. The number of nitrogens with zero attached hydrogens (tertiary/aromatic N) is 1. The van der Waals surface area contributed by atoms with Crippen molar-refractivity contribution < 1.29 is 23.1 Å². The number of piperidine rings is 1. The van der Waals surface area contributed by atoms with Gasteiger partial charge in [0.15, 0.2) is 0 Å². The molecule has 0 spiro atoms. The Morgan fingerprint density at radius 3 is 2.15 bits per heavy atom. The van der Waals surface area contributed by atoms with Gasteiger partial charge in [0.2, 0.25) is 0 Å². The molecule has 0 aliphatic carbocycles. The average Bonchev–Trinajstić information content (AvgIpc) is 2.64. The first-order chi connectivity index (χ1) is 12.6. The lowest BCUT2D eigenvalue weighted by Crippen LogP contribution is -2.39. The fraction of sp³-hybridized carbons (Fsp3) is 0.632. The summed E-state index contributed by atoms with van der Waals surface area (Å²) in [5.41, 5.74) is 0.910. The van der Waals surface area contributed by atoms with Gasteiger partial charge < -0.3 is 13.8 Å². The molecule has 7 heteroatoms. The minimum absolute atomic E-state index is 0.0961. The fourth-order valence-electron chi connectivity index (χ4n) is 3.40. The standard InChI is InChI=1S/C19H30NO5P/c1-4-23-19(21)17-12-14-20(15-13-17)18(16-10-8-7-9-11-16)26(22,24-5-2)25-6-3/h7-11,17-18H,4-6,12-15H2,1-3H3. The molecule has 0 bridgehead atoms. The van der Waals surface area contributed by atoms with Crippen LogP contribution in [0.25, 0.3) is 0 Å². The van der Waals surface area contributed by atoms with Crippen LogP contribution in [-0.4, -0.2) is 43.8 Å². The molecule has 26 heavy (non-hydrogen) atoms. The predicted octanol–water partition coefficient (Wildman–Crippen LogP) is 4.23. The number of likely N-dealkylation sites (tertiary alicyclic amines) is 1. The maximum atomic E-state index is 13.6. The van der Waals surface area contributed by atoms with Gasteiger partial charge in [0.05, 0.1) is 25.7 Å². The number of carbonyl (C=O) groups is 1. The van der Waals surface area contributed by atoms with E-state index in [0.29, 0.717) is 45.8 Å². The van der Waals surface area contributed by atoms with E-state index < -0.39 is 13.4 Å². The second kappa shape index (κ2) is 10.2. The minimum Gasteiger partial charge on any atom is -0.466 e. The van der Waals surface area contributed by atoms with Gasteiger partial charge in [-0.05, 0) is 39.2 Å². The molecule has 146 valence electrons. The van der Waals surface area contributed by atoms with Gasteiger partial charge in [-0.2, -0.15) is 0 Å². The summed E-state index contributed by atoms with van der Waals surface area (Å²) in [6.07, 6.45) is 1.36. The van der Waals surface area contributed by atoms with E-state index in [4.69, 9.17) is 13.8 Å². The molecule has 2 rings (SSSR count). The van der Waals surface area contributed by atoms with Gasteiger partial charge in [-0.1, -0.05) is 30.3 Å². The molecule has 6 nitrogen and oxygen atoms in total. The van der Waals surface area contributed by atoms with E-state index >= 15 is 0 Å². The van der Waals surface area contributed by atoms with Crippen LogP contribution in [0.3, 0.4) is 0 Å². The Morgan fingerprint density at radius 1 is 1.08 bits per heavy atom. The predicted molar refractivity (Wildman–Crippen MR) is 101 cm³/mol. The molecule has 1 aromatic rings. The second-order valence-electron chi connectivity index (χ2n) is 6.22. The van der Waals surface area contributed by atoms with Crippen molar-refractivity contribution in [1.29, 1.82) is 0 Å². The summed E-state index contributed by atoms with van der Waals surface area (Å²) >= 11 is 0. The van der Waals surface area contributed by atoms with E-state index in [0.717, 1.165) is 5.56 Å². The fourth-order valence-corrected chi connectivity index (χ4v) is 5.64. The molecular weight excluding hydrogens is 353 g/mol. The maximum absolute atomic E-state index is 13.6. The lowest BCUT2D eigenvalue weighted by Gasteiger charge is -2.39. The van der Waals surface area contributed by atoms with Crippen LogP contribution in [0.4, 0.5) is 0 Å². The first-order valence-electron chi connectivity index (χ1n) is 9.40. The molecule has 0 amide bonds. The minimum atomic E-state index is -3.37. The summed E-state index contributed by atoms with van der Waals surface area (Å²) in [7, 11) is -3.37. The van der Waals surface area contributed by atoms with Crippen LogP contribution in [0.2, 0.25) is 0 Å². The van der Waals surface area contributed by atoms with Crippen LogP contribution in [0.1, 0.15) is 45.0 Å². The second-order valence-corrected chi connectivity index (χ2v) is 8.31. The molecular formula is C19H30NO5P. The highest BCUT2D eigenvalue weighted by molar-refractivity contribution is 7.54. The molecule has 1 aliphatic rings. The van der Waals surface area contributed by atoms with Gasteiger partial charge >= 0.3 is 13.6 Å². The van der Waals surface area contributed by atoms with Crippen LogP contribution in [0, 0.1) is 5.92 Å². The molecule has 0 aromatic heterocycles. The van der Waals surface area contributed by atoms with Gasteiger partial charge in [-0.15, -0.1) is 0 Å². The quantitative estimate of drug-likeness (QED) is 0.470. The van der Waals surface area contributed by atoms with Gasteiger partial charge in [0, 0.05) is 13.1 Å². The van der Waals surface area contributed by atoms with Crippen molar-refractivity contribution in [2.45, 2.75) is 39.4 Å². The summed E-state index contributed by atoms with van der Waals surface area (Å²) < 4.78 is 30.0. The van der Waals surface area contributed by atoms with Crippen LogP contribution in [0.15, 0.2) is 30.3 Å². The van der Waals surface area contributed by atoms with E-state index in [1.807, 2.05) is 51.1 Å². The van der Waals surface area contributed by atoms with Gasteiger partial charge in [-0.25, -0.2) is 0 Å². The van der Waals surface area contributed by atoms with Gasteiger partial charge in [0.1, 0.15) is 5.78 Å². The van der Waals surface area contributed by atoms with Crippen molar-refractivity contribution in [3.63, 3.8) is 0 Å². The topological polar surface area (TPSA) is 65.1 Å². The van der Waals surface area contributed by atoms with Crippen LogP contribution < -0.4 is 0 Å². The number of esters is 1. The zero-order chi connectivity index (χ0) is 19.0. The van der Waals surface area contributed by atoms with E-state index in [1.54, 1.807) is 0 Å². The third-order valence-corrected chi connectivity index (χ3v) is 6.97. The molecule has 1 saturated heterocycles. The molecule has 1 heterocycles. The first kappa shape index (κ1) is 21.1. The van der Waals surface area contributed by atoms with Crippen LogP contribution in [0.5, 0.6) is 0 Å². The Hall–Kier alpha value is -1.20. The number of hydrogen-bond donors (Lipinski definition) is 0. The van der Waals surface area contributed by atoms with Gasteiger partial charge in [-0.3, -0.25) is 14.3 Å². The average molecular weight is 383 g/mol. The number of rotatable bonds is 9. The van der Waals surface area contributed by atoms with Crippen LogP contribution >= 0.6 is 7.60 Å². The van der Waals surface area contributed by atoms with Crippen molar-refractivity contribution in [3.05, 3.63) is 35.9 Å². The monoisotopic (exact) mass is 383 g/mol. The van der Waals surface area contributed by atoms with Crippen molar-refractivity contribution in [2.24, 2.45) is 5.92 Å². The Morgan fingerprint density at radius 2 is 1.65 bits per heavy atom. The zero-order valence-electron chi connectivity index (χ0n) is 15.9. The van der Waals surface area contributed by atoms with Gasteiger partial charge in [0.25, 0.3) is 0 Å². The maximum Gasteiger partial charge on any atom is 0.352 e. The van der Waals surface area contributed by atoms with Crippen LogP contribution in [-0.2, 0) is 23.1 Å². The zero-order valence-corrected chi connectivity index (χ0v) is 16.8. The number of ether oxygens (including phenoxy) is 1. The summed E-state index contributed by atoms with van der Waals surface area (Å²) in [6, 6.07) is 9.69. The van der Waals surface area contributed by atoms with Crippen molar-refractivity contribution in [3.8, 4) is 0 Å². The third kappa shape index (κ3) is 5.17. The normalized spacial score (nSPS) is 17.8. The number of carbonyl (C=O) groups excluding carboxylic acids is 1. The lowest BCUT2D eigenvalue weighted by atomic mass is 9.96. The Bertz CT molecular complexity index is 591. The molecule has 0 radical (unpaired) electrons. The summed E-state index contributed by atoms with van der Waals surface area (Å²) in [6.45, 7) is 7.79. The summed E-state index contributed by atoms with van der Waals surface area (Å²) in [5.74, 6) is -0.700. The largest absolute Gasteiger partial charge is 0.466 e. The van der Waals surface area contributed by atoms with E-state index in [9.17, 15) is 9.36 Å². The summed E-state index contributed by atoms with van der Waals surface area (Å²) in [5, 5.41) is 0. The molecule has 1 atom stereocenters. The molecule has 1 aliphatic heterocycles. The highest BCUT2D eigenvalue weighted by Crippen LogP contribution is 2.62. The van der Waals surface area contributed by atoms with E-state index in [1.165, 1.54) is 0 Å². The van der Waals surface area contributed by atoms with Crippen molar-refractivity contribution in [1.82, 2.24) is 4.90 Å². The highest BCUT2D eigenvalue weighted by Gasteiger charge is 2.42. The molecule has 1 aromatic carbocycles. The number of benzene rings is 1. The Balaban J connectivity index is 2.23. The number of hydrogen-bond acceptors (Lipinski definition) is 6. The first-order valence-corrected chi connectivity index (χ1v) is 11.0.